The van der Waals surface area contributed by atoms with E-state index >= 15 is 0 Å². The molecule has 0 aliphatic heterocycles. The van der Waals surface area contributed by atoms with E-state index < -0.39 is 0 Å². The molecule has 0 bridgehead atoms. The van der Waals surface area contributed by atoms with Crippen LogP contribution >= 0.6 is 22.6 Å². The molecule has 0 fully saturated rings. The maximum atomic E-state index is 10.4. The number of halogens is 1. The number of carbonyl (C=O) groups is 1. The van der Waals surface area contributed by atoms with Crippen LogP contribution < -0.4 is 5.73 Å². The average Bonchev–Trinajstić information content (AvgIpc) is 1.64. The predicted molar refractivity (Wildman–Crippen MR) is 41.6 cm³/mol. The van der Waals surface area contributed by atoms with Gasteiger partial charge in [-0.3, -0.25) is 4.79 Å². The molecule has 46 valence electrons. The van der Waals surface area contributed by atoms with Gasteiger partial charge in [0.05, 0.1) is 0 Å². The molecule has 0 saturated heterocycles. The molecule has 8 heavy (non-hydrogen) atoms. The first kappa shape index (κ1) is 7.94. The summed E-state index contributed by atoms with van der Waals surface area (Å²) in [4.78, 5) is 10.4. The summed E-state index contributed by atoms with van der Waals surface area (Å²) in [5.41, 5.74) is 6.54. The summed E-state index contributed by atoms with van der Waals surface area (Å²) in [5.74, 6) is 0. The molecule has 2 N–H and O–H groups in total. The predicted octanol–water partition coefficient (Wildman–Crippen LogP) is 1.20. The summed E-state index contributed by atoms with van der Waals surface area (Å²) in [6.45, 7) is 3.43. The van der Waals surface area contributed by atoms with Crippen molar-refractivity contribution in [3.05, 3.63) is 11.3 Å². The number of hydrogen-bond acceptors (Lipinski definition) is 2. The molecule has 0 aliphatic rings. The van der Waals surface area contributed by atoms with Crippen LogP contribution in [0.2, 0.25) is 0 Å². The van der Waals surface area contributed by atoms with E-state index in [9.17, 15) is 4.79 Å². The Balaban J connectivity index is 4.23. The third-order valence-electron chi connectivity index (χ3n) is 0.886. The Bertz CT molecular complexity index is 135. The fraction of sp³-hybridized carbons (Fsp3) is 0.400. The van der Waals surface area contributed by atoms with Crippen molar-refractivity contribution in [2.24, 2.45) is 5.73 Å². The minimum atomic E-state index is 0.0163. The van der Waals surface area contributed by atoms with Crippen molar-refractivity contribution in [1.29, 1.82) is 0 Å². The van der Waals surface area contributed by atoms with Gasteiger partial charge in [-0.25, -0.2) is 0 Å². The highest BCUT2D eigenvalue weighted by Gasteiger charge is 1.98. The Morgan fingerprint density at radius 3 is 1.88 bits per heavy atom. The van der Waals surface area contributed by atoms with Gasteiger partial charge in [0.1, 0.15) is 0 Å². The highest BCUT2D eigenvalue weighted by molar-refractivity contribution is 14.1. The molecule has 3 heteroatoms. The van der Waals surface area contributed by atoms with Crippen LogP contribution in [0.3, 0.4) is 0 Å². The molecule has 0 aromatic heterocycles. The van der Waals surface area contributed by atoms with Crippen molar-refractivity contribution in [3.63, 3.8) is 0 Å². The highest BCUT2D eigenvalue weighted by atomic mass is 127. The quantitative estimate of drug-likeness (QED) is 0.414. The van der Waals surface area contributed by atoms with Crippen LogP contribution in [-0.2, 0) is 4.79 Å². The van der Waals surface area contributed by atoms with Gasteiger partial charge >= 0.3 is 0 Å². The first-order valence-corrected chi connectivity index (χ1v) is 3.26. The van der Waals surface area contributed by atoms with E-state index in [1.807, 2.05) is 0 Å². The lowest BCUT2D eigenvalue weighted by Gasteiger charge is -1.92. The second-order valence-corrected chi connectivity index (χ2v) is 2.56. The van der Waals surface area contributed by atoms with E-state index in [0.29, 0.717) is 11.3 Å². The largest absolute Gasteiger partial charge is 0.402 e. The zero-order chi connectivity index (χ0) is 6.73. The topological polar surface area (TPSA) is 43.1 Å². The molecule has 0 spiro atoms. The van der Waals surface area contributed by atoms with Crippen LogP contribution in [0.5, 0.6) is 0 Å². The first-order chi connectivity index (χ1) is 3.55. The number of hydrogen-bond donors (Lipinski definition) is 1. The third kappa shape index (κ3) is 2.30. The lowest BCUT2D eigenvalue weighted by Crippen LogP contribution is -1.99. The Kier molecular flexibility index (Phi) is 3.04. The number of nitrogens with two attached hydrogens (primary N) is 1. The van der Waals surface area contributed by atoms with Crippen molar-refractivity contribution < 1.29 is 4.79 Å². The van der Waals surface area contributed by atoms with Crippen LogP contribution in [0, 0.1) is 0 Å². The molecule has 0 amide bonds. The van der Waals surface area contributed by atoms with Crippen LogP contribution in [0.25, 0.3) is 0 Å². The van der Waals surface area contributed by atoms with E-state index in [0.717, 1.165) is 0 Å². The number of allylic oxidation sites excluding steroid dienone is 2. The average molecular weight is 225 g/mol. The van der Waals surface area contributed by atoms with Crippen LogP contribution in [0.1, 0.15) is 13.8 Å². The van der Waals surface area contributed by atoms with Crippen LogP contribution in [-0.4, -0.2) is 3.79 Å². The molecule has 0 aromatic carbocycles. The van der Waals surface area contributed by atoms with E-state index in [2.05, 4.69) is 0 Å². The molecule has 0 aromatic rings. The van der Waals surface area contributed by atoms with Crippen molar-refractivity contribution in [1.82, 2.24) is 0 Å². The second-order valence-electron chi connectivity index (χ2n) is 1.58. The van der Waals surface area contributed by atoms with Gasteiger partial charge < -0.3 is 5.73 Å². The Morgan fingerprint density at radius 2 is 1.88 bits per heavy atom. The molecular formula is C5H8INO. The lowest BCUT2D eigenvalue weighted by atomic mass is 10.3. The van der Waals surface area contributed by atoms with Crippen molar-refractivity contribution >= 4 is 26.4 Å². The van der Waals surface area contributed by atoms with Crippen LogP contribution in [0.4, 0.5) is 0 Å². The molecule has 0 radical (unpaired) electrons. The Hall–Kier alpha value is -0.0600. The molecule has 0 atom stereocenters. The van der Waals surface area contributed by atoms with Gasteiger partial charge in [0.2, 0.25) is 3.79 Å². The molecule has 0 rings (SSSR count). The summed E-state index contributed by atoms with van der Waals surface area (Å²) >= 11 is 1.71. The lowest BCUT2D eigenvalue weighted by molar-refractivity contribution is -0.106. The van der Waals surface area contributed by atoms with Gasteiger partial charge in [0, 0.05) is 33.9 Å². The van der Waals surface area contributed by atoms with Crippen molar-refractivity contribution in [2.75, 3.05) is 0 Å². The smallest absolute Gasteiger partial charge is 0.219 e. The molecule has 0 unspecified atom stereocenters. The summed E-state index contributed by atoms with van der Waals surface area (Å²) in [7, 11) is 0. The third-order valence-corrected chi connectivity index (χ3v) is 1.70. The molecule has 0 saturated carbocycles. The van der Waals surface area contributed by atoms with Gasteiger partial charge in [-0.05, 0) is 13.8 Å². The molecule has 2 nitrogen and oxygen atoms in total. The minimum Gasteiger partial charge on any atom is -0.402 e. The normalized spacial score (nSPS) is 12.9. The van der Waals surface area contributed by atoms with Gasteiger partial charge in [0.15, 0.2) is 0 Å². The fourth-order valence-corrected chi connectivity index (χ4v) is 0.580. The standard InChI is InChI=1S/C5H8INO/c1-3(4(2)7)5(6)8/h7H2,1-2H3. The number of rotatable bonds is 1. The monoisotopic (exact) mass is 225 g/mol. The minimum absolute atomic E-state index is 0.0163. The van der Waals surface area contributed by atoms with Crippen molar-refractivity contribution in [3.8, 4) is 0 Å². The summed E-state index contributed by atoms with van der Waals surface area (Å²) in [6.07, 6.45) is 0. The summed E-state index contributed by atoms with van der Waals surface area (Å²) < 4.78 is 0.0163. The summed E-state index contributed by atoms with van der Waals surface area (Å²) in [5, 5.41) is 0. The van der Waals surface area contributed by atoms with Gasteiger partial charge in [0.25, 0.3) is 0 Å². The Labute approximate surface area is 62.3 Å². The van der Waals surface area contributed by atoms with E-state index in [1.54, 1.807) is 36.4 Å². The van der Waals surface area contributed by atoms with E-state index in [1.165, 1.54) is 0 Å². The SMILES string of the molecule is CC(N)=C(C)C(=O)I. The van der Waals surface area contributed by atoms with Crippen LogP contribution in [0.15, 0.2) is 11.3 Å². The Morgan fingerprint density at radius 1 is 1.50 bits per heavy atom. The van der Waals surface area contributed by atoms with E-state index in [4.69, 9.17) is 5.73 Å². The maximum Gasteiger partial charge on any atom is 0.219 e. The van der Waals surface area contributed by atoms with Gasteiger partial charge in [-0.1, -0.05) is 0 Å². The maximum absolute atomic E-state index is 10.4. The zero-order valence-electron chi connectivity index (χ0n) is 4.86. The number of carbonyl (C=O) groups excluding carboxylic acids is 1. The van der Waals surface area contributed by atoms with Gasteiger partial charge in [-0.15, -0.1) is 0 Å². The highest BCUT2D eigenvalue weighted by Crippen LogP contribution is 2.03. The van der Waals surface area contributed by atoms with Gasteiger partial charge in [-0.2, -0.15) is 0 Å². The van der Waals surface area contributed by atoms with Crippen molar-refractivity contribution in [2.45, 2.75) is 13.8 Å². The fourth-order valence-electron chi connectivity index (χ4n) is 0.155. The zero-order valence-corrected chi connectivity index (χ0v) is 7.02. The van der Waals surface area contributed by atoms with E-state index in [-0.39, 0.29) is 3.79 Å². The molecule has 0 aliphatic carbocycles. The first-order valence-electron chi connectivity index (χ1n) is 2.18. The second kappa shape index (κ2) is 3.06. The molecule has 0 heterocycles. The summed E-state index contributed by atoms with van der Waals surface area (Å²) in [6, 6.07) is 0. The molecular weight excluding hydrogens is 217 g/mol.